The summed E-state index contributed by atoms with van der Waals surface area (Å²) < 4.78 is 4.92. The lowest BCUT2D eigenvalue weighted by molar-refractivity contribution is -0.147. The largest absolute Gasteiger partial charge is 0.469 e. The van der Waals surface area contributed by atoms with Crippen molar-refractivity contribution < 1.29 is 9.53 Å². The molecule has 0 radical (unpaired) electrons. The summed E-state index contributed by atoms with van der Waals surface area (Å²) in [6.45, 7) is 2.20. The molecule has 0 saturated heterocycles. The molecule has 0 aromatic carbocycles. The van der Waals surface area contributed by atoms with Crippen molar-refractivity contribution in [2.45, 2.75) is 58.3 Å². The van der Waals surface area contributed by atoms with Gasteiger partial charge in [0, 0.05) is 0 Å². The fraction of sp³-hybridized carbons (Fsp3) is 0.923. The first-order valence-corrected chi connectivity index (χ1v) is 6.37. The van der Waals surface area contributed by atoms with Crippen LogP contribution in [0.3, 0.4) is 0 Å². The van der Waals surface area contributed by atoms with Gasteiger partial charge >= 0.3 is 5.97 Å². The topological polar surface area (TPSA) is 26.3 Å². The van der Waals surface area contributed by atoms with E-state index >= 15 is 0 Å². The van der Waals surface area contributed by atoms with Gasteiger partial charge in [0.15, 0.2) is 0 Å². The number of unbranched alkanes of at least 4 members (excludes halogenated alkanes) is 2. The van der Waals surface area contributed by atoms with Gasteiger partial charge in [-0.15, -0.1) is 0 Å². The van der Waals surface area contributed by atoms with Crippen LogP contribution in [0.15, 0.2) is 0 Å². The molecule has 2 nitrogen and oxygen atoms in total. The van der Waals surface area contributed by atoms with Crippen LogP contribution in [0.25, 0.3) is 0 Å². The second kappa shape index (κ2) is 6.86. The molecular formula is C13H24O2. The normalized spacial score (nSPS) is 19.1. The van der Waals surface area contributed by atoms with E-state index in [-0.39, 0.29) is 11.9 Å². The molecule has 0 spiro atoms. The molecule has 1 aliphatic carbocycles. The van der Waals surface area contributed by atoms with E-state index in [1.807, 2.05) is 0 Å². The van der Waals surface area contributed by atoms with Crippen LogP contribution in [0.1, 0.15) is 58.3 Å². The minimum atomic E-state index is 0.0259. The predicted octanol–water partition coefficient (Wildman–Crippen LogP) is 3.55. The van der Waals surface area contributed by atoms with E-state index in [1.165, 1.54) is 52.1 Å². The Morgan fingerprint density at radius 1 is 1.33 bits per heavy atom. The van der Waals surface area contributed by atoms with Gasteiger partial charge in [-0.1, -0.05) is 39.0 Å². The van der Waals surface area contributed by atoms with Gasteiger partial charge in [0.25, 0.3) is 0 Å². The Morgan fingerprint density at radius 3 is 2.53 bits per heavy atom. The van der Waals surface area contributed by atoms with Crippen LogP contribution < -0.4 is 0 Å². The van der Waals surface area contributed by atoms with Crippen LogP contribution in [0.2, 0.25) is 0 Å². The number of methoxy groups -OCH3 is 1. The number of esters is 1. The molecule has 88 valence electrons. The number of rotatable bonds is 6. The molecule has 0 aromatic rings. The standard InChI is InChI=1S/C13H24O2/c1-3-4-5-10-12(13(14)15-2)11-8-6-7-9-11/h11-12H,3-10H2,1-2H3. The van der Waals surface area contributed by atoms with E-state index < -0.39 is 0 Å². The highest BCUT2D eigenvalue weighted by atomic mass is 16.5. The summed E-state index contributed by atoms with van der Waals surface area (Å²) in [4.78, 5) is 11.7. The lowest BCUT2D eigenvalue weighted by Gasteiger charge is -2.20. The summed E-state index contributed by atoms with van der Waals surface area (Å²) in [6, 6.07) is 0. The second-order valence-corrected chi connectivity index (χ2v) is 4.67. The second-order valence-electron chi connectivity index (χ2n) is 4.67. The first-order chi connectivity index (χ1) is 7.29. The van der Waals surface area contributed by atoms with Gasteiger partial charge in [0.1, 0.15) is 0 Å². The zero-order valence-electron chi connectivity index (χ0n) is 10.1. The SMILES string of the molecule is CCCCCC(C(=O)OC)C1CCCC1. The van der Waals surface area contributed by atoms with E-state index in [9.17, 15) is 4.79 Å². The van der Waals surface area contributed by atoms with Crippen LogP contribution in [0, 0.1) is 11.8 Å². The number of ether oxygens (including phenoxy) is 1. The van der Waals surface area contributed by atoms with E-state index in [2.05, 4.69) is 6.92 Å². The molecule has 1 saturated carbocycles. The zero-order valence-corrected chi connectivity index (χ0v) is 10.1. The third-order valence-corrected chi connectivity index (χ3v) is 3.59. The number of hydrogen-bond donors (Lipinski definition) is 0. The maximum Gasteiger partial charge on any atom is 0.308 e. The molecule has 0 bridgehead atoms. The third kappa shape index (κ3) is 3.84. The Bertz CT molecular complexity index is 183. The monoisotopic (exact) mass is 212 g/mol. The van der Waals surface area contributed by atoms with Gasteiger partial charge in [-0.25, -0.2) is 0 Å². The zero-order chi connectivity index (χ0) is 11.1. The fourth-order valence-electron chi connectivity index (χ4n) is 2.67. The number of carbonyl (C=O) groups is 1. The van der Waals surface area contributed by atoms with E-state index in [0.29, 0.717) is 5.92 Å². The van der Waals surface area contributed by atoms with E-state index in [4.69, 9.17) is 4.74 Å². The molecule has 1 rings (SSSR count). The molecule has 1 atom stereocenters. The maximum absolute atomic E-state index is 11.7. The van der Waals surface area contributed by atoms with Crippen molar-refractivity contribution in [2.75, 3.05) is 7.11 Å². The number of carbonyl (C=O) groups excluding carboxylic acids is 1. The molecule has 0 N–H and O–H groups in total. The minimum absolute atomic E-state index is 0.0259. The van der Waals surface area contributed by atoms with Crippen LogP contribution in [-0.2, 0) is 9.53 Å². The Balaban J connectivity index is 2.40. The molecule has 2 heteroatoms. The van der Waals surface area contributed by atoms with Crippen molar-refractivity contribution >= 4 is 5.97 Å². The van der Waals surface area contributed by atoms with Crippen LogP contribution in [-0.4, -0.2) is 13.1 Å². The summed E-state index contributed by atoms with van der Waals surface area (Å²) in [5.41, 5.74) is 0. The Kier molecular flexibility index (Phi) is 5.74. The summed E-state index contributed by atoms with van der Waals surface area (Å²) in [5.74, 6) is 0.816. The highest BCUT2D eigenvalue weighted by Gasteiger charge is 2.30. The average Bonchev–Trinajstić information content (AvgIpc) is 2.77. The summed E-state index contributed by atoms with van der Waals surface area (Å²) >= 11 is 0. The number of hydrogen-bond acceptors (Lipinski definition) is 2. The maximum atomic E-state index is 11.7. The van der Waals surface area contributed by atoms with Crippen molar-refractivity contribution in [1.82, 2.24) is 0 Å². The first-order valence-electron chi connectivity index (χ1n) is 6.37. The van der Waals surface area contributed by atoms with Crippen molar-refractivity contribution in [3.8, 4) is 0 Å². The molecule has 0 heterocycles. The summed E-state index contributed by atoms with van der Waals surface area (Å²) in [7, 11) is 1.52. The van der Waals surface area contributed by atoms with Crippen molar-refractivity contribution in [3.63, 3.8) is 0 Å². The van der Waals surface area contributed by atoms with E-state index in [0.717, 1.165) is 6.42 Å². The summed E-state index contributed by atoms with van der Waals surface area (Å²) in [5, 5.41) is 0. The Hall–Kier alpha value is -0.530. The first kappa shape index (κ1) is 12.5. The van der Waals surface area contributed by atoms with Crippen LogP contribution in [0.4, 0.5) is 0 Å². The molecule has 15 heavy (non-hydrogen) atoms. The van der Waals surface area contributed by atoms with Gasteiger partial charge in [-0.3, -0.25) is 4.79 Å². The van der Waals surface area contributed by atoms with Crippen LogP contribution >= 0.6 is 0 Å². The average molecular weight is 212 g/mol. The highest BCUT2D eigenvalue weighted by molar-refractivity contribution is 5.72. The summed E-state index contributed by atoms with van der Waals surface area (Å²) in [6.07, 6.45) is 9.71. The van der Waals surface area contributed by atoms with Gasteiger partial charge in [0.05, 0.1) is 13.0 Å². The van der Waals surface area contributed by atoms with Crippen molar-refractivity contribution in [3.05, 3.63) is 0 Å². The Labute approximate surface area is 93.4 Å². The van der Waals surface area contributed by atoms with E-state index in [1.54, 1.807) is 0 Å². The van der Waals surface area contributed by atoms with Gasteiger partial charge < -0.3 is 4.74 Å². The van der Waals surface area contributed by atoms with Gasteiger partial charge in [-0.2, -0.15) is 0 Å². The van der Waals surface area contributed by atoms with Crippen molar-refractivity contribution in [2.24, 2.45) is 11.8 Å². The lowest BCUT2D eigenvalue weighted by Crippen LogP contribution is -2.23. The molecule has 0 aromatic heterocycles. The molecule has 1 unspecified atom stereocenters. The predicted molar refractivity (Wildman–Crippen MR) is 61.6 cm³/mol. The van der Waals surface area contributed by atoms with Crippen LogP contribution in [0.5, 0.6) is 0 Å². The fourth-order valence-corrected chi connectivity index (χ4v) is 2.67. The smallest absolute Gasteiger partial charge is 0.308 e. The molecule has 0 aliphatic heterocycles. The Morgan fingerprint density at radius 2 is 2.00 bits per heavy atom. The minimum Gasteiger partial charge on any atom is -0.469 e. The van der Waals surface area contributed by atoms with Gasteiger partial charge in [0.2, 0.25) is 0 Å². The third-order valence-electron chi connectivity index (χ3n) is 3.59. The molecule has 1 aliphatic rings. The lowest BCUT2D eigenvalue weighted by atomic mass is 9.86. The van der Waals surface area contributed by atoms with Crippen molar-refractivity contribution in [1.29, 1.82) is 0 Å². The molecule has 0 amide bonds. The molecular weight excluding hydrogens is 188 g/mol. The highest BCUT2D eigenvalue weighted by Crippen LogP contribution is 2.34. The quantitative estimate of drug-likeness (QED) is 0.497. The molecule has 1 fully saturated rings. The van der Waals surface area contributed by atoms with Gasteiger partial charge in [-0.05, 0) is 25.2 Å².